The number of alkyl carbamates (subject to hydrolysis) is 1. The molecule has 1 amide bonds. The topological polar surface area (TPSA) is 115 Å². The summed E-state index contributed by atoms with van der Waals surface area (Å²) in [7, 11) is 0. The molecule has 0 heterocycles. The zero-order chi connectivity index (χ0) is 26.7. The first-order valence-electron chi connectivity index (χ1n) is 12.6. The third-order valence-electron chi connectivity index (χ3n) is 5.79. The second kappa shape index (κ2) is 14.1. The highest BCUT2D eigenvalue weighted by molar-refractivity contribution is 5.79. The molecule has 37 heavy (non-hydrogen) atoms. The minimum Gasteiger partial charge on any atom is -0.480 e. The van der Waals surface area contributed by atoms with Crippen molar-refractivity contribution in [2.75, 3.05) is 52.7 Å². The minimum atomic E-state index is -0.980. The fourth-order valence-electron chi connectivity index (χ4n) is 4.16. The molecule has 2 aromatic carbocycles. The van der Waals surface area contributed by atoms with E-state index in [0.717, 1.165) is 22.3 Å². The highest BCUT2D eigenvalue weighted by atomic mass is 16.6. The maximum atomic E-state index is 12.6. The van der Waals surface area contributed by atoms with Crippen molar-refractivity contribution in [3.63, 3.8) is 0 Å². The summed E-state index contributed by atoms with van der Waals surface area (Å²) in [6.07, 6.45) is -0.580. The third kappa shape index (κ3) is 9.44. The third-order valence-corrected chi connectivity index (χ3v) is 5.79. The first-order chi connectivity index (χ1) is 17.7. The van der Waals surface area contributed by atoms with Gasteiger partial charge in [-0.05, 0) is 43.0 Å². The number of nitrogens with one attached hydrogen (secondary N) is 2. The second-order valence-electron chi connectivity index (χ2n) is 9.84. The summed E-state index contributed by atoms with van der Waals surface area (Å²) in [5.41, 5.74) is 4.37. The Morgan fingerprint density at radius 2 is 1.51 bits per heavy atom. The molecule has 0 bridgehead atoms. The number of carboxylic acid groups (broad SMARTS) is 1. The van der Waals surface area contributed by atoms with Gasteiger partial charge in [0.05, 0.1) is 51.2 Å². The first kappa shape index (κ1) is 28.6. The van der Waals surface area contributed by atoms with E-state index in [4.69, 9.17) is 24.1 Å². The molecule has 3 N–H and O–H groups in total. The maximum Gasteiger partial charge on any atom is 0.407 e. The maximum absolute atomic E-state index is 12.6. The number of hydrogen-bond donors (Lipinski definition) is 3. The number of ether oxygens (including phenoxy) is 4. The van der Waals surface area contributed by atoms with Gasteiger partial charge in [-0.15, -0.1) is 0 Å². The van der Waals surface area contributed by atoms with E-state index >= 15 is 0 Å². The van der Waals surface area contributed by atoms with Crippen LogP contribution < -0.4 is 10.6 Å². The van der Waals surface area contributed by atoms with Crippen molar-refractivity contribution < 1.29 is 33.6 Å². The molecule has 0 aromatic heterocycles. The van der Waals surface area contributed by atoms with E-state index in [2.05, 4.69) is 34.9 Å². The van der Waals surface area contributed by atoms with Gasteiger partial charge < -0.3 is 34.7 Å². The van der Waals surface area contributed by atoms with Gasteiger partial charge >= 0.3 is 12.1 Å². The Morgan fingerprint density at radius 1 is 0.919 bits per heavy atom. The highest BCUT2D eigenvalue weighted by Gasteiger charge is 2.29. The van der Waals surface area contributed by atoms with Crippen LogP contribution in [0.2, 0.25) is 0 Å². The van der Waals surface area contributed by atoms with Crippen LogP contribution in [-0.2, 0) is 23.7 Å². The monoisotopic (exact) mass is 514 g/mol. The van der Waals surface area contributed by atoms with E-state index in [1.165, 1.54) is 0 Å². The lowest BCUT2D eigenvalue weighted by Gasteiger charge is -2.21. The Labute approximate surface area is 218 Å². The molecule has 0 radical (unpaired) electrons. The van der Waals surface area contributed by atoms with Crippen molar-refractivity contribution in [1.29, 1.82) is 0 Å². The molecule has 0 spiro atoms. The van der Waals surface area contributed by atoms with Crippen LogP contribution >= 0.6 is 0 Å². The average molecular weight is 515 g/mol. The fourth-order valence-corrected chi connectivity index (χ4v) is 4.16. The quantitative estimate of drug-likeness (QED) is 0.310. The number of amides is 1. The Balaban J connectivity index is 1.45. The lowest BCUT2D eigenvalue weighted by Crippen LogP contribution is -2.46. The van der Waals surface area contributed by atoms with E-state index in [-0.39, 0.29) is 37.8 Å². The van der Waals surface area contributed by atoms with Crippen molar-refractivity contribution in [3.8, 4) is 11.1 Å². The average Bonchev–Trinajstić information content (AvgIpc) is 3.17. The predicted molar refractivity (Wildman–Crippen MR) is 140 cm³/mol. The summed E-state index contributed by atoms with van der Waals surface area (Å²) in [4.78, 5) is 23.5. The van der Waals surface area contributed by atoms with E-state index in [1.807, 2.05) is 45.0 Å². The second-order valence-corrected chi connectivity index (χ2v) is 9.84. The summed E-state index contributed by atoms with van der Waals surface area (Å²) < 4.78 is 22.4. The van der Waals surface area contributed by atoms with Gasteiger partial charge in [0.15, 0.2) is 0 Å². The molecule has 1 atom stereocenters. The lowest BCUT2D eigenvalue weighted by atomic mass is 9.98. The number of carbonyl (C=O) groups is 2. The van der Waals surface area contributed by atoms with Crippen LogP contribution in [0.4, 0.5) is 4.79 Å². The van der Waals surface area contributed by atoms with Crippen LogP contribution in [0.25, 0.3) is 11.1 Å². The molecule has 0 saturated heterocycles. The summed E-state index contributed by atoms with van der Waals surface area (Å²) in [6.45, 7) is 7.99. The van der Waals surface area contributed by atoms with Crippen molar-refractivity contribution in [3.05, 3.63) is 59.7 Å². The predicted octanol–water partition coefficient (Wildman–Crippen LogP) is 3.42. The summed E-state index contributed by atoms with van der Waals surface area (Å²) in [5.74, 6) is -1.02. The Morgan fingerprint density at radius 3 is 2.14 bits per heavy atom. The van der Waals surface area contributed by atoms with Crippen molar-refractivity contribution in [2.45, 2.75) is 38.3 Å². The highest BCUT2D eigenvalue weighted by Crippen LogP contribution is 2.44. The zero-order valence-electron chi connectivity index (χ0n) is 21.8. The molecule has 0 fully saturated rings. The lowest BCUT2D eigenvalue weighted by molar-refractivity contribution is -0.136. The molecule has 202 valence electrons. The molecular formula is C28H38N2O7. The van der Waals surface area contributed by atoms with E-state index in [0.29, 0.717) is 26.4 Å². The molecule has 1 aliphatic carbocycles. The van der Waals surface area contributed by atoms with Gasteiger partial charge in [0.25, 0.3) is 0 Å². The van der Waals surface area contributed by atoms with Gasteiger partial charge in [-0.3, -0.25) is 4.79 Å². The Kier molecular flexibility index (Phi) is 10.9. The van der Waals surface area contributed by atoms with Gasteiger partial charge in [0.1, 0.15) is 6.61 Å². The number of carboxylic acids is 1. The van der Waals surface area contributed by atoms with Gasteiger partial charge in [0.2, 0.25) is 0 Å². The Hall–Kier alpha value is -2.98. The van der Waals surface area contributed by atoms with Crippen LogP contribution in [0, 0.1) is 0 Å². The largest absolute Gasteiger partial charge is 0.480 e. The van der Waals surface area contributed by atoms with Gasteiger partial charge in [-0.25, -0.2) is 4.79 Å². The zero-order valence-corrected chi connectivity index (χ0v) is 21.8. The SMILES string of the molecule is CC(C)(C)OCCOCCOCC(CNCC(=O)O)NC(=O)OCC1c2ccccc2-c2ccccc21. The van der Waals surface area contributed by atoms with Gasteiger partial charge in [-0.1, -0.05) is 48.5 Å². The number of rotatable bonds is 15. The minimum absolute atomic E-state index is 0.0441. The van der Waals surface area contributed by atoms with E-state index in [9.17, 15) is 9.59 Å². The summed E-state index contributed by atoms with van der Waals surface area (Å²) >= 11 is 0. The van der Waals surface area contributed by atoms with Gasteiger partial charge in [0, 0.05) is 12.5 Å². The standard InChI is InChI=1S/C28H38N2O7/c1-28(2,3)37-15-14-34-12-13-35-18-20(16-29-17-26(31)32)30-27(33)36-19-25-23-10-6-4-8-21(23)22-9-5-7-11-24(22)25/h4-11,20,25,29H,12-19H2,1-3H3,(H,30,33)(H,31,32). The number of aliphatic carboxylic acids is 1. The fraction of sp³-hybridized carbons (Fsp3) is 0.500. The molecule has 9 heteroatoms. The first-order valence-corrected chi connectivity index (χ1v) is 12.6. The van der Waals surface area contributed by atoms with E-state index in [1.54, 1.807) is 0 Å². The number of hydrogen-bond acceptors (Lipinski definition) is 7. The van der Waals surface area contributed by atoms with Crippen molar-refractivity contribution >= 4 is 12.1 Å². The van der Waals surface area contributed by atoms with Crippen LogP contribution in [0.1, 0.15) is 37.8 Å². The Bertz CT molecular complexity index is 976. The molecule has 0 saturated carbocycles. The number of benzene rings is 2. The molecule has 9 nitrogen and oxygen atoms in total. The molecule has 2 aromatic rings. The summed E-state index contributed by atoms with van der Waals surface area (Å²) in [6, 6.07) is 15.8. The normalized spacial score (nSPS) is 13.6. The van der Waals surface area contributed by atoms with Gasteiger partial charge in [-0.2, -0.15) is 0 Å². The van der Waals surface area contributed by atoms with Crippen LogP contribution in [-0.4, -0.2) is 81.5 Å². The molecule has 0 aliphatic heterocycles. The number of fused-ring (bicyclic) bond motifs is 3. The number of carbonyl (C=O) groups excluding carboxylic acids is 1. The summed E-state index contributed by atoms with van der Waals surface area (Å²) in [5, 5.41) is 14.5. The smallest absolute Gasteiger partial charge is 0.407 e. The van der Waals surface area contributed by atoms with E-state index < -0.39 is 18.1 Å². The molecular weight excluding hydrogens is 476 g/mol. The molecule has 3 rings (SSSR count). The molecule has 1 unspecified atom stereocenters. The molecule has 1 aliphatic rings. The van der Waals surface area contributed by atoms with Crippen molar-refractivity contribution in [1.82, 2.24) is 10.6 Å². The van der Waals surface area contributed by atoms with Crippen molar-refractivity contribution in [2.24, 2.45) is 0 Å². The van der Waals surface area contributed by atoms with Crippen LogP contribution in [0.15, 0.2) is 48.5 Å². The van der Waals surface area contributed by atoms with Crippen LogP contribution in [0.3, 0.4) is 0 Å². The van der Waals surface area contributed by atoms with Crippen LogP contribution in [0.5, 0.6) is 0 Å².